The molecule has 2 rings (SSSR count). The van der Waals surface area contributed by atoms with Crippen molar-refractivity contribution in [3.05, 3.63) is 17.8 Å². The normalized spacial score (nSPS) is 14.2. The molecule has 0 bridgehead atoms. The highest BCUT2D eigenvalue weighted by Gasteiger charge is 2.33. The summed E-state index contributed by atoms with van der Waals surface area (Å²) >= 11 is 0. The smallest absolute Gasteiger partial charge is 0.381 e. The molecular formula is C11H13F3N4O3S. The lowest BCUT2D eigenvalue weighted by Crippen LogP contribution is -2.25. The maximum Gasteiger partial charge on any atom is 0.433 e. The van der Waals surface area contributed by atoms with Crippen molar-refractivity contribution >= 4 is 26.9 Å². The van der Waals surface area contributed by atoms with Gasteiger partial charge in [-0.05, 0) is 19.1 Å². The van der Waals surface area contributed by atoms with Crippen LogP contribution in [0.15, 0.2) is 12.1 Å². The molecule has 22 heavy (non-hydrogen) atoms. The molecule has 2 N–H and O–H groups in total. The first kappa shape index (κ1) is 16.5. The topological polar surface area (TPSA) is 97.0 Å². The molecule has 0 fully saturated rings. The SMILES string of the molecule is COC(C)CS(=O)(=O)Nc1n[nH]c2nc(C(F)(F)F)ccc12. The molecule has 0 spiro atoms. The summed E-state index contributed by atoms with van der Waals surface area (Å²) in [4.78, 5) is 3.37. The maximum absolute atomic E-state index is 12.6. The zero-order valence-electron chi connectivity index (χ0n) is 11.6. The van der Waals surface area contributed by atoms with Gasteiger partial charge in [0.15, 0.2) is 11.5 Å². The van der Waals surface area contributed by atoms with E-state index in [9.17, 15) is 21.6 Å². The molecular weight excluding hydrogens is 325 g/mol. The fraction of sp³-hybridized carbons (Fsp3) is 0.455. The molecule has 0 aromatic carbocycles. The first-order valence-electron chi connectivity index (χ1n) is 6.08. The largest absolute Gasteiger partial charge is 0.433 e. The van der Waals surface area contributed by atoms with E-state index in [1.807, 2.05) is 0 Å². The highest BCUT2D eigenvalue weighted by Crippen LogP contribution is 2.30. The zero-order chi connectivity index (χ0) is 16.5. The Kier molecular flexibility index (Phi) is 4.29. The van der Waals surface area contributed by atoms with Crippen LogP contribution in [0.25, 0.3) is 11.0 Å². The third-order valence-electron chi connectivity index (χ3n) is 2.82. The highest BCUT2D eigenvalue weighted by atomic mass is 32.2. The summed E-state index contributed by atoms with van der Waals surface area (Å²) in [6, 6.07) is 1.86. The molecule has 2 aromatic heterocycles. The summed E-state index contributed by atoms with van der Waals surface area (Å²) in [5.41, 5.74) is -1.25. The number of anilines is 1. The Balaban J connectivity index is 2.30. The lowest BCUT2D eigenvalue weighted by Gasteiger charge is -2.10. The van der Waals surface area contributed by atoms with E-state index in [1.54, 1.807) is 6.92 Å². The lowest BCUT2D eigenvalue weighted by molar-refractivity contribution is -0.141. The van der Waals surface area contributed by atoms with Gasteiger partial charge in [0.1, 0.15) is 5.69 Å². The second-order valence-electron chi connectivity index (χ2n) is 4.59. The Hall–Kier alpha value is -1.88. The Morgan fingerprint density at radius 2 is 2.09 bits per heavy atom. The quantitative estimate of drug-likeness (QED) is 0.866. The summed E-state index contributed by atoms with van der Waals surface area (Å²) in [5.74, 6) is -0.425. The van der Waals surface area contributed by atoms with Crippen molar-refractivity contribution in [3.63, 3.8) is 0 Å². The third-order valence-corrected chi connectivity index (χ3v) is 4.24. The molecule has 2 aromatic rings. The number of nitrogens with one attached hydrogen (secondary N) is 2. The number of hydrogen-bond acceptors (Lipinski definition) is 5. The van der Waals surface area contributed by atoms with E-state index in [1.165, 1.54) is 7.11 Å². The minimum Gasteiger partial charge on any atom is -0.381 e. The molecule has 0 saturated heterocycles. The molecule has 1 unspecified atom stereocenters. The average molecular weight is 338 g/mol. The van der Waals surface area contributed by atoms with E-state index in [2.05, 4.69) is 19.9 Å². The van der Waals surface area contributed by atoms with Crippen LogP contribution in [0, 0.1) is 0 Å². The summed E-state index contributed by atoms with van der Waals surface area (Å²) in [5, 5.41) is 6.06. The summed E-state index contributed by atoms with van der Waals surface area (Å²) in [6.45, 7) is 1.57. The Morgan fingerprint density at radius 3 is 2.68 bits per heavy atom. The Morgan fingerprint density at radius 1 is 1.41 bits per heavy atom. The molecule has 11 heteroatoms. The number of rotatable bonds is 5. The van der Waals surface area contributed by atoms with Gasteiger partial charge in [-0.2, -0.15) is 18.3 Å². The van der Waals surface area contributed by atoms with E-state index in [4.69, 9.17) is 4.74 Å². The van der Waals surface area contributed by atoms with Gasteiger partial charge in [-0.1, -0.05) is 0 Å². The number of halogens is 3. The number of fused-ring (bicyclic) bond motifs is 1. The Bertz CT molecular complexity index is 772. The number of pyridine rings is 1. The van der Waals surface area contributed by atoms with Crippen molar-refractivity contribution in [2.45, 2.75) is 19.2 Å². The molecule has 0 radical (unpaired) electrons. The molecule has 0 amide bonds. The van der Waals surface area contributed by atoms with Crippen LogP contribution in [-0.2, 0) is 20.9 Å². The number of nitrogens with zero attached hydrogens (tertiary/aromatic N) is 2. The van der Waals surface area contributed by atoms with Gasteiger partial charge >= 0.3 is 6.18 Å². The minimum absolute atomic E-state index is 0.112. The van der Waals surface area contributed by atoms with Crippen LogP contribution in [0.2, 0.25) is 0 Å². The number of alkyl halides is 3. The zero-order valence-corrected chi connectivity index (χ0v) is 12.4. The fourth-order valence-corrected chi connectivity index (χ4v) is 2.99. The predicted molar refractivity (Wildman–Crippen MR) is 72.8 cm³/mol. The van der Waals surface area contributed by atoms with Crippen LogP contribution in [-0.4, -0.2) is 42.6 Å². The number of hydrogen-bond donors (Lipinski definition) is 2. The lowest BCUT2D eigenvalue weighted by atomic mass is 10.3. The van der Waals surface area contributed by atoms with Gasteiger partial charge in [-0.3, -0.25) is 9.82 Å². The van der Waals surface area contributed by atoms with Crippen molar-refractivity contribution < 1.29 is 26.3 Å². The number of methoxy groups -OCH3 is 1. The minimum atomic E-state index is -4.59. The van der Waals surface area contributed by atoms with Crippen LogP contribution >= 0.6 is 0 Å². The first-order valence-corrected chi connectivity index (χ1v) is 7.73. The maximum atomic E-state index is 12.6. The van der Waals surface area contributed by atoms with Gasteiger partial charge in [-0.15, -0.1) is 0 Å². The van der Waals surface area contributed by atoms with E-state index < -0.39 is 28.0 Å². The van der Waals surface area contributed by atoms with E-state index >= 15 is 0 Å². The first-order chi connectivity index (χ1) is 10.1. The number of H-pyrrole nitrogens is 1. The standard InChI is InChI=1S/C11H13F3N4O3S/c1-6(21-2)5-22(19,20)18-10-7-3-4-8(11(12,13)14)15-9(7)16-17-10/h3-4,6H,5H2,1-2H3,(H2,15,16,17,18). The van der Waals surface area contributed by atoms with Gasteiger partial charge in [0, 0.05) is 7.11 Å². The molecule has 0 saturated carbocycles. The number of aromatic amines is 1. The summed E-state index contributed by atoms with van der Waals surface area (Å²) in [7, 11) is -2.39. The molecule has 2 heterocycles. The molecule has 0 aliphatic carbocycles. The van der Waals surface area contributed by atoms with Gasteiger partial charge < -0.3 is 4.74 Å². The molecule has 122 valence electrons. The van der Waals surface area contributed by atoms with Gasteiger partial charge in [0.25, 0.3) is 0 Å². The second-order valence-corrected chi connectivity index (χ2v) is 6.36. The van der Waals surface area contributed by atoms with E-state index in [-0.39, 0.29) is 22.6 Å². The van der Waals surface area contributed by atoms with Crippen molar-refractivity contribution in [1.82, 2.24) is 15.2 Å². The highest BCUT2D eigenvalue weighted by molar-refractivity contribution is 7.92. The molecule has 0 aliphatic rings. The number of sulfonamides is 1. The molecule has 0 aliphatic heterocycles. The number of aromatic nitrogens is 3. The van der Waals surface area contributed by atoms with Crippen molar-refractivity contribution in [3.8, 4) is 0 Å². The summed E-state index contributed by atoms with van der Waals surface area (Å²) < 4.78 is 68.5. The predicted octanol–water partition coefficient (Wildman–Crippen LogP) is 1.75. The fourth-order valence-electron chi connectivity index (χ4n) is 1.71. The monoisotopic (exact) mass is 338 g/mol. The number of ether oxygens (including phenoxy) is 1. The van der Waals surface area contributed by atoms with E-state index in [0.29, 0.717) is 0 Å². The summed E-state index contributed by atoms with van der Waals surface area (Å²) in [6.07, 6.45) is -5.13. The van der Waals surface area contributed by atoms with Crippen molar-refractivity contribution in [1.29, 1.82) is 0 Å². The van der Waals surface area contributed by atoms with Crippen LogP contribution in [0.4, 0.5) is 19.0 Å². The average Bonchev–Trinajstić information content (AvgIpc) is 2.79. The van der Waals surface area contributed by atoms with Crippen LogP contribution in [0.5, 0.6) is 0 Å². The van der Waals surface area contributed by atoms with Crippen molar-refractivity contribution in [2.75, 3.05) is 17.6 Å². The van der Waals surface area contributed by atoms with Gasteiger partial charge in [-0.25, -0.2) is 13.4 Å². The van der Waals surface area contributed by atoms with Crippen LogP contribution < -0.4 is 4.72 Å². The molecule has 7 nitrogen and oxygen atoms in total. The third kappa shape index (κ3) is 3.65. The Labute approximate surface area is 123 Å². The van der Waals surface area contributed by atoms with Gasteiger partial charge in [0.05, 0.1) is 17.2 Å². The van der Waals surface area contributed by atoms with Gasteiger partial charge in [0.2, 0.25) is 10.0 Å². The van der Waals surface area contributed by atoms with Crippen molar-refractivity contribution in [2.24, 2.45) is 0 Å². The van der Waals surface area contributed by atoms with E-state index in [0.717, 1.165) is 12.1 Å². The molecule has 1 atom stereocenters. The van der Waals surface area contributed by atoms with Crippen LogP contribution in [0.3, 0.4) is 0 Å². The van der Waals surface area contributed by atoms with Crippen LogP contribution in [0.1, 0.15) is 12.6 Å². The second kappa shape index (κ2) is 5.72.